The highest BCUT2D eigenvalue weighted by Crippen LogP contribution is 2.53. The summed E-state index contributed by atoms with van der Waals surface area (Å²) in [5.41, 5.74) is 3.63. The Balaban J connectivity index is 1.49. The van der Waals surface area contributed by atoms with E-state index in [1.54, 1.807) is 0 Å². The summed E-state index contributed by atoms with van der Waals surface area (Å²) in [7, 11) is 0. The van der Waals surface area contributed by atoms with E-state index in [4.69, 9.17) is 16.1 Å². The Labute approximate surface area is 213 Å². The Kier molecular flexibility index (Phi) is 8.36. The zero-order valence-corrected chi connectivity index (χ0v) is 21.9. The number of hydrogen-bond donors (Lipinski definition) is 1. The molecule has 6 heteroatoms. The molecular weight excluding hydrogens is 462 g/mol. The van der Waals surface area contributed by atoms with Gasteiger partial charge in [-0.15, -0.1) is 0 Å². The topological polar surface area (TPSA) is 80.4 Å². The predicted octanol–water partition coefficient (Wildman–Crippen LogP) is 7.59. The molecule has 1 atom stereocenters. The first-order valence-corrected chi connectivity index (χ1v) is 13.6. The molecule has 35 heavy (non-hydrogen) atoms. The van der Waals surface area contributed by atoms with Crippen LogP contribution < -0.4 is 0 Å². The van der Waals surface area contributed by atoms with Gasteiger partial charge >= 0.3 is 5.97 Å². The van der Waals surface area contributed by atoms with Crippen molar-refractivity contribution >= 4 is 23.4 Å². The Morgan fingerprint density at radius 2 is 1.86 bits per heavy atom. The van der Waals surface area contributed by atoms with Gasteiger partial charge in [0.1, 0.15) is 11.5 Å². The molecule has 4 rings (SSSR count). The van der Waals surface area contributed by atoms with Crippen LogP contribution in [0.3, 0.4) is 0 Å². The van der Waals surface area contributed by atoms with Crippen molar-refractivity contribution in [3.63, 3.8) is 0 Å². The van der Waals surface area contributed by atoms with E-state index in [0.29, 0.717) is 22.6 Å². The van der Waals surface area contributed by atoms with E-state index in [-0.39, 0.29) is 25.0 Å². The van der Waals surface area contributed by atoms with Gasteiger partial charge in [0, 0.05) is 35.3 Å². The van der Waals surface area contributed by atoms with Crippen molar-refractivity contribution in [1.29, 1.82) is 0 Å². The average molecular weight is 500 g/mol. The van der Waals surface area contributed by atoms with Crippen LogP contribution in [-0.2, 0) is 16.0 Å². The number of aromatic nitrogens is 1. The number of carbonyl (C=O) groups excluding carboxylic acids is 1. The van der Waals surface area contributed by atoms with Crippen molar-refractivity contribution in [3.05, 3.63) is 51.4 Å². The number of aryl methyl sites for hydroxylation is 1. The normalized spacial score (nSPS) is 20.6. The SMILES string of the molecule is CCC(CC)CC1CC(c2onc([C@@H](CC(=O)O)CC(=O)Cc3ccc(C)cc3Cl)c2C2CC2)C1. The minimum atomic E-state index is -0.920. The molecule has 2 aliphatic carbocycles. The number of ketones is 1. The molecule has 0 aliphatic heterocycles. The van der Waals surface area contributed by atoms with Gasteiger partial charge in [-0.1, -0.05) is 55.6 Å². The number of benzene rings is 1. The van der Waals surface area contributed by atoms with Crippen LogP contribution >= 0.6 is 11.6 Å². The van der Waals surface area contributed by atoms with E-state index in [2.05, 4.69) is 19.0 Å². The van der Waals surface area contributed by atoms with Gasteiger partial charge in [-0.3, -0.25) is 9.59 Å². The van der Waals surface area contributed by atoms with Gasteiger partial charge in [0.05, 0.1) is 12.1 Å². The number of halogens is 1. The van der Waals surface area contributed by atoms with Crippen LogP contribution in [0.15, 0.2) is 22.7 Å². The molecule has 0 amide bonds. The molecule has 2 aliphatic rings. The summed E-state index contributed by atoms with van der Waals surface area (Å²) in [6.07, 6.45) is 8.35. The Morgan fingerprint density at radius 1 is 1.14 bits per heavy atom. The summed E-state index contributed by atoms with van der Waals surface area (Å²) in [5, 5.41) is 14.6. The second-order valence-corrected chi connectivity index (χ2v) is 11.3. The third-order valence-electron chi connectivity index (χ3n) is 8.08. The summed E-state index contributed by atoms with van der Waals surface area (Å²) in [5.74, 6) is 1.84. The standard InChI is InChI=1S/C29H38ClNO4/c1-4-18(5-2)11-19-12-23(13-19)29-27(20-8-9-20)28(31-35-29)22(16-26(33)34)15-24(32)14-21-7-6-17(3)10-25(21)30/h6-7,10,18-20,22-23H,4-5,8-9,11-16H2,1-3H3,(H,33,34)/t19?,22-,23?/m1/s1. The molecule has 0 spiro atoms. The number of hydrogen-bond acceptors (Lipinski definition) is 4. The summed E-state index contributed by atoms with van der Waals surface area (Å²) in [6.45, 7) is 6.50. The molecule has 2 aromatic rings. The van der Waals surface area contributed by atoms with Gasteiger partial charge in [0.2, 0.25) is 0 Å². The van der Waals surface area contributed by atoms with E-state index >= 15 is 0 Å². The van der Waals surface area contributed by atoms with Gasteiger partial charge in [-0.25, -0.2) is 0 Å². The van der Waals surface area contributed by atoms with Crippen molar-refractivity contribution in [2.75, 3.05) is 0 Å². The molecule has 5 nitrogen and oxygen atoms in total. The fourth-order valence-electron chi connectivity index (χ4n) is 5.76. The number of Topliss-reactive ketones (excluding diaryl/α,β-unsaturated/α-hetero) is 1. The Hall–Kier alpha value is -2.14. The largest absolute Gasteiger partial charge is 0.481 e. The van der Waals surface area contributed by atoms with E-state index < -0.39 is 11.9 Å². The van der Waals surface area contributed by atoms with Crippen molar-refractivity contribution in [1.82, 2.24) is 5.16 Å². The first-order chi connectivity index (χ1) is 16.8. The summed E-state index contributed by atoms with van der Waals surface area (Å²) >= 11 is 6.34. The zero-order chi connectivity index (χ0) is 25.1. The smallest absolute Gasteiger partial charge is 0.304 e. The second kappa shape index (κ2) is 11.3. The minimum absolute atomic E-state index is 0.0258. The van der Waals surface area contributed by atoms with Crippen molar-refractivity contribution in [2.45, 2.75) is 103 Å². The highest BCUT2D eigenvalue weighted by molar-refractivity contribution is 6.31. The van der Waals surface area contributed by atoms with Crippen molar-refractivity contribution in [2.24, 2.45) is 11.8 Å². The van der Waals surface area contributed by atoms with Crippen LogP contribution in [0, 0.1) is 18.8 Å². The van der Waals surface area contributed by atoms with E-state index in [1.807, 2.05) is 25.1 Å². The molecule has 1 aromatic carbocycles. The molecular formula is C29H38ClNO4. The molecule has 1 N–H and O–H groups in total. The quantitative estimate of drug-likeness (QED) is 0.307. The van der Waals surface area contributed by atoms with Crippen molar-refractivity contribution < 1.29 is 19.2 Å². The lowest BCUT2D eigenvalue weighted by Crippen LogP contribution is -2.24. The van der Waals surface area contributed by atoms with Crippen LogP contribution in [0.5, 0.6) is 0 Å². The third-order valence-corrected chi connectivity index (χ3v) is 8.43. The highest BCUT2D eigenvalue weighted by atomic mass is 35.5. The lowest BCUT2D eigenvalue weighted by Gasteiger charge is -2.36. The first kappa shape index (κ1) is 25.9. The van der Waals surface area contributed by atoms with E-state index in [0.717, 1.165) is 60.0 Å². The molecule has 2 saturated carbocycles. The van der Waals surface area contributed by atoms with Crippen molar-refractivity contribution in [3.8, 4) is 0 Å². The predicted molar refractivity (Wildman–Crippen MR) is 137 cm³/mol. The van der Waals surface area contributed by atoms with Crippen LogP contribution in [0.25, 0.3) is 0 Å². The number of carbonyl (C=O) groups is 2. The van der Waals surface area contributed by atoms with E-state index in [9.17, 15) is 14.7 Å². The first-order valence-electron chi connectivity index (χ1n) is 13.3. The Morgan fingerprint density at radius 3 is 2.46 bits per heavy atom. The monoisotopic (exact) mass is 499 g/mol. The van der Waals surface area contributed by atoms with Crippen LogP contribution in [0.4, 0.5) is 0 Å². The second-order valence-electron chi connectivity index (χ2n) is 10.9. The van der Waals surface area contributed by atoms with Gasteiger partial charge in [0.25, 0.3) is 0 Å². The number of rotatable bonds is 13. The maximum absolute atomic E-state index is 13.0. The molecule has 1 aromatic heterocycles. The Bertz CT molecular complexity index is 1050. The average Bonchev–Trinajstić information content (AvgIpc) is 3.53. The third kappa shape index (κ3) is 6.35. The molecule has 1 heterocycles. The van der Waals surface area contributed by atoms with Crippen LogP contribution in [0.1, 0.15) is 118 Å². The minimum Gasteiger partial charge on any atom is -0.481 e. The summed E-state index contributed by atoms with van der Waals surface area (Å²) in [4.78, 5) is 24.7. The summed E-state index contributed by atoms with van der Waals surface area (Å²) < 4.78 is 5.93. The molecule has 190 valence electrons. The molecule has 0 bridgehead atoms. The lowest BCUT2D eigenvalue weighted by molar-refractivity contribution is -0.137. The lowest BCUT2D eigenvalue weighted by atomic mass is 9.68. The number of aliphatic carboxylic acids is 1. The molecule has 0 saturated heterocycles. The molecule has 0 unspecified atom stereocenters. The summed E-state index contributed by atoms with van der Waals surface area (Å²) in [6, 6.07) is 5.66. The molecule has 2 fully saturated rings. The fourth-order valence-corrected chi connectivity index (χ4v) is 6.06. The number of nitrogens with zero attached hydrogens (tertiary/aromatic N) is 1. The van der Waals surface area contributed by atoms with Crippen LogP contribution in [0.2, 0.25) is 5.02 Å². The van der Waals surface area contributed by atoms with Crippen LogP contribution in [-0.4, -0.2) is 22.0 Å². The highest BCUT2D eigenvalue weighted by Gasteiger charge is 2.42. The van der Waals surface area contributed by atoms with E-state index in [1.165, 1.54) is 19.3 Å². The fraction of sp³-hybridized carbons (Fsp3) is 0.621. The van der Waals surface area contributed by atoms with Gasteiger partial charge in [-0.2, -0.15) is 0 Å². The van der Waals surface area contributed by atoms with Gasteiger partial charge < -0.3 is 9.63 Å². The van der Waals surface area contributed by atoms with Gasteiger partial charge in [-0.05, 0) is 74.0 Å². The maximum Gasteiger partial charge on any atom is 0.304 e. The molecule has 0 radical (unpaired) electrons. The van der Waals surface area contributed by atoms with Gasteiger partial charge in [0.15, 0.2) is 0 Å². The zero-order valence-electron chi connectivity index (χ0n) is 21.2. The number of carboxylic acids is 1. The maximum atomic E-state index is 13.0. The number of carboxylic acid groups (broad SMARTS) is 1.